The summed E-state index contributed by atoms with van der Waals surface area (Å²) in [5, 5.41) is 21.0. The molecule has 0 saturated carbocycles. The van der Waals surface area contributed by atoms with Crippen LogP contribution in [0.15, 0.2) is 182 Å². The van der Waals surface area contributed by atoms with Gasteiger partial charge in [-0.3, -0.25) is 9.59 Å². The summed E-state index contributed by atoms with van der Waals surface area (Å²) < 4.78 is 2.09. The monoisotopic (exact) mass is 742 g/mol. The van der Waals surface area contributed by atoms with E-state index in [1.807, 2.05) is 164 Å². The number of fused-ring (bicyclic) bond motifs is 4. The van der Waals surface area contributed by atoms with Gasteiger partial charge in [-0.15, -0.1) is 0 Å². The van der Waals surface area contributed by atoms with Crippen molar-refractivity contribution in [2.75, 3.05) is 4.90 Å². The molecule has 0 N–H and O–H groups in total. The standard InChI is InChI=1S/C52H30N4O2/c53-31-33-20-24-37(25-21-33)40-14-7-17-45-48(40)49-41(38-26-22-34(32-54)23-27-38)15-8-18-46(49)55(45)47-19-9-16-42-50(47)52(58)56(51(42)57)44-29-28-39(35-10-3-1-4-11-35)30-43(44)36-12-5-2-6-13-36/h1-30H. The van der Waals surface area contributed by atoms with Crippen LogP contribution in [0, 0.1) is 22.7 Å². The topological polar surface area (TPSA) is 89.9 Å². The molecule has 0 fully saturated rings. The van der Waals surface area contributed by atoms with Crippen LogP contribution >= 0.6 is 0 Å². The van der Waals surface area contributed by atoms with E-state index in [1.54, 1.807) is 6.07 Å². The lowest BCUT2D eigenvalue weighted by Crippen LogP contribution is -2.30. The first-order valence-corrected chi connectivity index (χ1v) is 18.9. The van der Waals surface area contributed by atoms with Gasteiger partial charge in [-0.1, -0.05) is 121 Å². The lowest BCUT2D eigenvalue weighted by molar-refractivity contribution is 0.0926. The number of nitrogens with zero attached hydrogens (tertiary/aromatic N) is 4. The van der Waals surface area contributed by atoms with Crippen LogP contribution in [-0.2, 0) is 0 Å². The maximum atomic E-state index is 15.1. The zero-order chi connectivity index (χ0) is 39.3. The van der Waals surface area contributed by atoms with E-state index in [1.165, 1.54) is 4.90 Å². The average molecular weight is 743 g/mol. The van der Waals surface area contributed by atoms with Gasteiger partial charge in [0.25, 0.3) is 11.8 Å². The van der Waals surface area contributed by atoms with E-state index in [0.29, 0.717) is 33.6 Å². The number of anilines is 1. The second kappa shape index (κ2) is 13.8. The highest BCUT2D eigenvalue weighted by Gasteiger charge is 2.40. The van der Waals surface area contributed by atoms with Crippen LogP contribution < -0.4 is 4.90 Å². The fraction of sp³-hybridized carbons (Fsp3) is 0. The molecule has 0 radical (unpaired) electrons. The zero-order valence-corrected chi connectivity index (χ0v) is 30.9. The number of hydrogen-bond donors (Lipinski definition) is 0. The molecule has 270 valence electrons. The van der Waals surface area contributed by atoms with Crippen molar-refractivity contribution in [3.8, 4) is 62.3 Å². The molecule has 2 heterocycles. The number of aromatic nitrogens is 1. The third-order valence-corrected chi connectivity index (χ3v) is 11.0. The first kappa shape index (κ1) is 34.2. The Morgan fingerprint density at radius 2 is 0.862 bits per heavy atom. The SMILES string of the molecule is N#Cc1ccc(-c2cccc3c2c2c(-c4ccc(C#N)cc4)cccc2n3-c2cccc3c2C(=O)N(c2ccc(-c4ccccc4)cc2-c2ccccc2)C3=O)cc1. The average Bonchev–Trinajstić information content (AvgIpc) is 3.77. The predicted molar refractivity (Wildman–Crippen MR) is 230 cm³/mol. The van der Waals surface area contributed by atoms with Crippen molar-refractivity contribution in [2.45, 2.75) is 0 Å². The third-order valence-electron chi connectivity index (χ3n) is 11.0. The summed E-state index contributed by atoms with van der Waals surface area (Å²) in [6.45, 7) is 0. The molecule has 0 unspecified atom stereocenters. The highest BCUT2D eigenvalue weighted by atomic mass is 16.2. The van der Waals surface area contributed by atoms with Gasteiger partial charge in [-0.2, -0.15) is 10.5 Å². The maximum Gasteiger partial charge on any atom is 0.268 e. The minimum atomic E-state index is -0.401. The molecule has 9 aromatic rings. The molecule has 6 nitrogen and oxygen atoms in total. The molecular formula is C52H30N4O2. The molecule has 1 aromatic heterocycles. The van der Waals surface area contributed by atoms with Crippen LogP contribution in [0.1, 0.15) is 31.8 Å². The van der Waals surface area contributed by atoms with Crippen LogP contribution in [0.4, 0.5) is 5.69 Å². The van der Waals surface area contributed by atoms with Crippen LogP contribution in [0.25, 0.3) is 72.0 Å². The Morgan fingerprint density at radius 1 is 0.379 bits per heavy atom. The summed E-state index contributed by atoms with van der Waals surface area (Å²) in [5.41, 5.74) is 12.0. The fourth-order valence-electron chi connectivity index (χ4n) is 8.36. The summed E-state index contributed by atoms with van der Waals surface area (Å²) >= 11 is 0. The van der Waals surface area contributed by atoms with Gasteiger partial charge >= 0.3 is 0 Å². The summed E-state index contributed by atoms with van der Waals surface area (Å²) in [6, 6.07) is 63.0. The van der Waals surface area contributed by atoms with Gasteiger partial charge in [0.05, 0.1) is 56.8 Å². The number of nitriles is 2. The Balaban J connectivity index is 1.21. The van der Waals surface area contributed by atoms with Crippen molar-refractivity contribution in [2.24, 2.45) is 0 Å². The summed E-state index contributed by atoms with van der Waals surface area (Å²) in [5.74, 6) is -0.787. The Labute approximate surface area is 334 Å². The van der Waals surface area contributed by atoms with Gasteiger partial charge in [0.1, 0.15) is 0 Å². The molecule has 8 aromatic carbocycles. The van der Waals surface area contributed by atoms with Crippen molar-refractivity contribution < 1.29 is 9.59 Å². The Bertz CT molecular complexity index is 3090. The quantitative estimate of drug-likeness (QED) is 0.159. The molecule has 10 rings (SSSR count). The van der Waals surface area contributed by atoms with Crippen LogP contribution in [0.2, 0.25) is 0 Å². The molecule has 2 amide bonds. The Hall–Kier alpha value is -8.32. The lowest BCUT2D eigenvalue weighted by Gasteiger charge is -2.20. The molecule has 1 aliphatic heterocycles. The van der Waals surface area contributed by atoms with Gasteiger partial charge < -0.3 is 4.57 Å². The lowest BCUT2D eigenvalue weighted by atomic mass is 9.94. The van der Waals surface area contributed by atoms with Gasteiger partial charge in [0, 0.05) is 16.3 Å². The van der Waals surface area contributed by atoms with E-state index in [2.05, 4.69) is 28.8 Å². The highest BCUT2D eigenvalue weighted by Crippen LogP contribution is 2.45. The minimum absolute atomic E-state index is 0.324. The second-order valence-electron chi connectivity index (χ2n) is 14.2. The number of imide groups is 1. The van der Waals surface area contributed by atoms with E-state index in [9.17, 15) is 15.3 Å². The normalized spacial score (nSPS) is 12.1. The molecule has 0 bridgehead atoms. The molecule has 58 heavy (non-hydrogen) atoms. The molecule has 0 aliphatic carbocycles. The van der Waals surface area contributed by atoms with Crippen molar-refractivity contribution in [3.05, 3.63) is 204 Å². The molecule has 0 saturated heterocycles. The van der Waals surface area contributed by atoms with Crippen LogP contribution in [0.5, 0.6) is 0 Å². The van der Waals surface area contributed by atoms with Crippen molar-refractivity contribution in [1.29, 1.82) is 10.5 Å². The second-order valence-corrected chi connectivity index (χ2v) is 14.2. The van der Waals surface area contributed by atoms with E-state index >= 15 is 4.79 Å². The maximum absolute atomic E-state index is 15.1. The number of amides is 2. The molecule has 0 atom stereocenters. The third kappa shape index (κ3) is 5.40. The minimum Gasteiger partial charge on any atom is -0.308 e. The number of carbonyl (C=O) groups excluding carboxylic acids is 2. The first-order valence-electron chi connectivity index (χ1n) is 18.9. The van der Waals surface area contributed by atoms with Gasteiger partial charge in [0.2, 0.25) is 0 Å². The van der Waals surface area contributed by atoms with E-state index in [4.69, 9.17) is 0 Å². The number of benzene rings is 8. The molecular weight excluding hydrogens is 713 g/mol. The Morgan fingerprint density at radius 3 is 1.41 bits per heavy atom. The predicted octanol–water partition coefficient (Wildman–Crippen LogP) is 12.0. The number of rotatable bonds is 6. The van der Waals surface area contributed by atoms with Gasteiger partial charge in [0.15, 0.2) is 0 Å². The largest absolute Gasteiger partial charge is 0.308 e. The fourth-order valence-corrected chi connectivity index (χ4v) is 8.36. The highest BCUT2D eigenvalue weighted by molar-refractivity contribution is 6.36. The summed E-state index contributed by atoms with van der Waals surface area (Å²) in [6.07, 6.45) is 0. The van der Waals surface area contributed by atoms with Gasteiger partial charge in [-0.05, 0) is 99.6 Å². The van der Waals surface area contributed by atoms with Crippen molar-refractivity contribution in [1.82, 2.24) is 4.57 Å². The van der Waals surface area contributed by atoms with Crippen molar-refractivity contribution >= 4 is 39.3 Å². The Kier molecular flexibility index (Phi) is 8.11. The molecule has 1 aliphatic rings. The van der Waals surface area contributed by atoms with E-state index in [-0.39, 0.29) is 5.91 Å². The van der Waals surface area contributed by atoms with Gasteiger partial charge in [-0.25, -0.2) is 4.90 Å². The summed E-state index contributed by atoms with van der Waals surface area (Å²) in [4.78, 5) is 31.0. The molecule has 6 heteroatoms. The first-order chi connectivity index (χ1) is 28.5. The number of carbonyl (C=O) groups is 2. The van der Waals surface area contributed by atoms with Crippen LogP contribution in [-0.4, -0.2) is 16.4 Å². The van der Waals surface area contributed by atoms with E-state index in [0.717, 1.165) is 66.3 Å². The molecule has 0 spiro atoms. The number of hydrogen-bond acceptors (Lipinski definition) is 4. The van der Waals surface area contributed by atoms with Crippen molar-refractivity contribution in [3.63, 3.8) is 0 Å². The smallest absolute Gasteiger partial charge is 0.268 e. The van der Waals surface area contributed by atoms with E-state index < -0.39 is 5.91 Å². The summed E-state index contributed by atoms with van der Waals surface area (Å²) in [7, 11) is 0. The zero-order valence-electron chi connectivity index (χ0n) is 30.9. The van der Waals surface area contributed by atoms with Crippen LogP contribution in [0.3, 0.4) is 0 Å².